The van der Waals surface area contributed by atoms with Gasteiger partial charge in [-0.25, -0.2) is 9.59 Å². The van der Waals surface area contributed by atoms with Crippen molar-refractivity contribution >= 4 is 12.1 Å². The summed E-state index contributed by atoms with van der Waals surface area (Å²) >= 11 is 0. The fourth-order valence-electron chi connectivity index (χ4n) is 0.962. The first-order valence-electron chi connectivity index (χ1n) is 5.55. The minimum atomic E-state index is -0.525. The lowest BCUT2D eigenvalue weighted by Crippen LogP contribution is -2.33. The molecule has 0 radical (unpaired) electrons. The maximum absolute atomic E-state index is 11.3. The van der Waals surface area contributed by atoms with Crippen molar-refractivity contribution in [2.24, 2.45) is 0 Å². The average Bonchev–Trinajstić information content (AvgIpc) is 2.12. The molecule has 0 saturated heterocycles. The van der Waals surface area contributed by atoms with E-state index in [4.69, 9.17) is 9.47 Å². The molecule has 0 aliphatic heterocycles. The molecule has 0 rings (SSSR count). The highest BCUT2D eigenvalue weighted by atomic mass is 16.6. The van der Waals surface area contributed by atoms with Crippen molar-refractivity contribution in [3.05, 3.63) is 11.6 Å². The van der Waals surface area contributed by atoms with Gasteiger partial charge in [0.2, 0.25) is 0 Å². The van der Waals surface area contributed by atoms with Gasteiger partial charge in [-0.1, -0.05) is 0 Å². The Morgan fingerprint density at radius 3 is 2.35 bits per heavy atom. The molecule has 0 atom stereocenters. The standard InChI is InChI=1S/C12H21NO4/c1-6-16-10(14)7-9(2)8-13-11(15)17-12(3,4)5/h7H,6,8H2,1-5H3,(H,13,15). The predicted molar refractivity (Wildman–Crippen MR) is 64.6 cm³/mol. The number of nitrogens with one attached hydrogen (secondary N) is 1. The van der Waals surface area contributed by atoms with Gasteiger partial charge in [0.25, 0.3) is 0 Å². The fraction of sp³-hybridized carbons (Fsp3) is 0.667. The Labute approximate surface area is 102 Å². The topological polar surface area (TPSA) is 64.6 Å². The van der Waals surface area contributed by atoms with Crippen molar-refractivity contribution in [1.82, 2.24) is 5.32 Å². The summed E-state index contributed by atoms with van der Waals surface area (Å²) in [6.07, 6.45) is 0.843. The Balaban J connectivity index is 4.03. The molecule has 98 valence electrons. The Morgan fingerprint density at radius 2 is 1.88 bits per heavy atom. The van der Waals surface area contributed by atoms with Crippen LogP contribution in [0, 0.1) is 0 Å². The molecule has 0 aliphatic rings. The van der Waals surface area contributed by atoms with Crippen molar-refractivity contribution in [2.45, 2.75) is 40.2 Å². The van der Waals surface area contributed by atoms with E-state index >= 15 is 0 Å². The monoisotopic (exact) mass is 243 g/mol. The maximum atomic E-state index is 11.3. The molecule has 0 aromatic rings. The summed E-state index contributed by atoms with van der Waals surface area (Å²) in [6, 6.07) is 0. The molecule has 0 saturated carbocycles. The van der Waals surface area contributed by atoms with Crippen LogP contribution in [0.3, 0.4) is 0 Å². The molecule has 0 unspecified atom stereocenters. The molecule has 1 N–H and O–H groups in total. The molecule has 17 heavy (non-hydrogen) atoms. The summed E-state index contributed by atoms with van der Waals surface area (Å²) in [5.41, 5.74) is 0.178. The predicted octanol–water partition coefficient (Wildman–Crippen LogP) is 2.02. The maximum Gasteiger partial charge on any atom is 0.407 e. The van der Waals surface area contributed by atoms with Crippen LogP contribution >= 0.6 is 0 Å². The lowest BCUT2D eigenvalue weighted by molar-refractivity contribution is -0.137. The minimum absolute atomic E-state index is 0.258. The molecule has 0 fully saturated rings. The van der Waals surface area contributed by atoms with E-state index in [0.29, 0.717) is 12.2 Å². The van der Waals surface area contributed by atoms with Gasteiger partial charge in [-0.15, -0.1) is 0 Å². The molecule has 0 aromatic heterocycles. The summed E-state index contributed by atoms with van der Waals surface area (Å²) in [5, 5.41) is 2.55. The number of hydrogen-bond donors (Lipinski definition) is 1. The number of ether oxygens (including phenoxy) is 2. The average molecular weight is 243 g/mol. The Morgan fingerprint density at radius 1 is 1.29 bits per heavy atom. The van der Waals surface area contributed by atoms with E-state index < -0.39 is 17.7 Å². The van der Waals surface area contributed by atoms with Crippen LogP contribution in [0.25, 0.3) is 0 Å². The van der Waals surface area contributed by atoms with E-state index in [1.807, 2.05) is 0 Å². The summed E-state index contributed by atoms with van der Waals surface area (Å²) < 4.78 is 9.79. The van der Waals surface area contributed by atoms with Gasteiger partial charge in [-0.3, -0.25) is 0 Å². The SMILES string of the molecule is CCOC(=O)C=C(C)CNC(=O)OC(C)(C)C. The highest BCUT2D eigenvalue weighted by Gasteiger charge is 2.15. The quantitative estimate of drug-likeness (QED) is 0.606. The van der Waals surface area contributed by atoms with E-state index in [2.05, 4.69) is 5.32 Å². The van der Waals surface area contributed by atoms with E-state index in [-0.39, 0.29) is 6.54 Å². The smallest absolute Gasteiger partial charge is 0.407 e. The fourth-order valence-corrected chi connectivity index (χ4v) is 0.962. The van der Waals surface area contributed by atoms with Crippen LogP contribution in [0.1, 0.15) is 34.6 Å². The summed E-state index contributed by atoms with van der Waals surface area (Å²) in [5.74, 6) is -0.406. The largest absolute Gasteiger partial charge is 0.463 e. The van der Waals surface area contributed by atoms with Crippen LogP contribution in [0.15, 0.2) is 11.6 Å². The van der Waals surface area contributed by atoms with Crippen LogP contribution < -0.4 is 5.32 Å². The highest BCUT2D eigenvalue weighted by molar-refractivity contribution is 5.82. The normalized spacial score (nSPS) is 11.9. The van der Waals surface area contributed by atoms with Crippen LogP contribution in [0.2, 0.25) is 0 Å². The van der Waals surface area contributed by atoms with Gasteiger partial charge in [-0.2, -0.15) is 0 Å². The lowest BCUT2D eigenvalue weighted by atomic mass is 10.2. The molecule has 0 aliphatic carbocycles. The van der Waals surface area contributed by atoms with Gasteiger partial charge >= 0.3 is 12.1 Å². The molecule has 0 spiro atoms. The first-order valence-corrected chi connectivity index (χ1v) is 5.55. The lowest BCUT2D eigenvalue weighted by Gasteiger charge is -2.19. The van der Waals surface area contributed by atoms with Gasteiger partial charge in [0.1, 0.15) is 5.60 Å². The Bertz CT molecular complexity index is 302. The molecule has 0 aromatic carbocycles. The molecule has 0 heterocycles. The third kappa shape index (κ3) is 9.41. The van der Waals surface area contributed by atoms with Crippen molar-refractivity contribution in [1.29, 1.82) is 0 Å². The van der Waals surface area contributed by atoms with Gasteiger partial charge in [0.05, 0.1) is 6.61 Å². The van der Waals surface area contributed by atoms with Crippen LogP contribution in [-0.2, 0) is 14.3 Å². The zero-order valence-electron chi connectivity index (χ0n) is 11.1. The number of amides is 1. The van der Waals surface area contributed by atoms with E-state index in [0.717, 1.165) is 0 Å². The molecule has 1 amide bonds. The number of carbonyl (C=O) groups is 2. The van der Waals surface area contributed by atoms with Crippen molar-refractivity contribution in [3.63, 3.8) is 0 Å². The first-order chi connectivity index (χ1) is 7.74. The summed E-state index contributed by atoms with van der Waals surface area (Å²) in [6.45, 7) is 9.42. The number of hydrogen-bond acceptors (Lipinski definition) is 4. The Kier molecular flexibility index (Phi) is 6.31. The second-order valence-corrected chi connectivity index (χ2v) is 4.60. The first kappa shape index (κ1) is 15.5. The van der Waals surface area contributed by atoms with Crippen LogP contribution in [0.4, 0.5) is 4.79 Å². The van der Waals surface area contributed by atoms with Gasteiger partial charge in [0.15, 0.2) is 0 Å². The Hall–Kier alpha value is -1.52. The second kappa shape index (κ2) is 6.93. The molecular formula is C12H21NO4. The van der Waals surface area contributed by atoms with Gasteiger partial charge < -0.3 is 14.8 Å². The van der Waals surface area contributed by atoms with Crippen molar-refractivity contribution in [3.8, 4) is 0 Å². The molecule has 5 nitrogen and oxygen atoms in total. The summed E-state index contributed by atoms with van der Waals surface area (Å²) in [7, 11) is 0. The van der Waals surface area contributed by atoms with Crippen LogP contribution in [-0.4, -0.2) is 30.8 Å². The van der Waals surface area contributed by atoms with E-state index in [1.54, 1.807) is 34.6 Å². The van der Waals surface area contributed by atoms with Crippen LogP contribution in [0.5, 0.6) is 0 Å². The highest BCUT2D eigenvalue weighted by Crippen LogP contribution is 2.06. The number of rotatable bonds is 4. The van der Waals surface area contributed by atoms with Crippen molar-refractivity contribution in [2.75, 3.05) is 13.2 Å². The van der Waals surface area contributed by atoms with Crippen molar-refractivity contribution < 1.29 is 19.1 Å². The minimum Gasteiger partial charge on any atom is -0.463 e. The van der Waals surface area contributed by atoms with E-state index in [1.165, 1.54) is 6.08 Å². The zero-order valence-corrected chi connectivity index (χ0v) is 11.1. The third-order valence-electron chi connectivity index (χ3n) is 1.56. The molecular weight excluding hydrogens is 222 g/mol. The van der Waals surface area contributed by atoms with E-state index in [9.17, 15) is 9.59 Å². The number of alkyl carbamates (subject to hydrolysis) is 1. The molecule has 5 heteroatoms. The number of esters is 1. The second-order valence-electron chi connectivity index (χ2n) is 4.60. The molecule has 0 bridgehead atoms. The van der Waals surface area contributed by atoms with Gasteiger partial charge in [0, 0.05) is 12.6 Å². The number of carbonyl (C=O) groups excluding carboxylic acids is 2. The van der Waals surface area contributed by atoms with Gasteiger partial charge in [-0.05, 0) is 40.2 Å². The zero-order chi connectivity index (χ0) is 13.5. The third-order valence-corrected chi connectivity index (χ3v) is 1.56. The summed E-state index contributed by atoms with van der Waals surface area (Å²) in [4.78, 5) is 22.4.